The fourth-order valence-corrected chi connectivity index (χ4v) is 6.50. The van der Waals surface area contributed by atoms with E-state index in [0.717, 1.165) is 36.3 Å². The highest BCUT2D eigenvalue weighted by Crippen LogP contribution is 2.71. The Labute approximate surface area is 168 Å². The standard InChI is InChI=1S/C23H33NO4/c1-6-18(25)24-21-22(2,3)14-12-15-20(28-11-10-23(15,21)13-14)19-16(26-4)8-7-9-17(19)27-5/h7-9,14-15,20-21H,6,10-13H2,1-5H3,(H,24,25)/t14-,15-,20+,21+,23?/m1/s1. The van der Waals surface area contributed by atoms with Gasteiger partial charge in [-0.15, -0.1) is 0 Å². The molecule has 1 aliphatic heterocycles. The number of hydrogen-bond donors (Lipinski definition) is 1. The number of rotatable bonds is 5. The van der Waals surface area contributed by atoms with Gasteiger partial charge in [0.05, 0.1) is 25.9 Å². The maximum atomic E-state index is 12.4. The summed E-state index contributed by atoms with van der Waals surface area (Å²) < 4.78 is 17.8. The normalized spacial score (nSPS) is 35.3. The van der Waals surface area contributed by atoms with Crippen molar-refractivity contribution in [2.75, 3.05) is 20.8 Å². The van der Waals surface area contributed by atoms with E-state index in [1.807, 2.05) is 25.1 Å². The van der Waals surface area contributed by atoms with Crippen LogP contribution in [0.1, 0.15) is 58.1 Å². The lowest BCUT2D eigenvalue weighted by Crippen LogP contribution is -2.58. The van der Waals surface area contributed by atoms with Crippen molar-refractivity contribution in [1.29, 1.82) is 0 Å². The summed E-state index contributed by atoms with van der Waals surface area (Å²) in [7, 11) is 3.40. The number of fused-ring (bicyclic) bond motifs is 1. The van der Waals surface area contributed by atoms with E-state index in [1.54, 1.807) is 14.2 Å². The molecule has 2 saturated carbocycles. The molecule has 1 amide bonds. The molecule has 1 spiro atoms. The molecule has 5 atom stereocenters. The number of carbonyl (C=O) groups is 1. The molecular weight excluding hydrogens is 354 g/mol. The Kier molecular flexibility index (Phi) is 4.85. The Hall–Kier alpha value is -1.75. The summed E-state index contributed by atoms with van der Waals surface area (Å²) in [5.74, 6) is 2.73. The van der Waals surface area contributed by atoms with Gasteiger partial charge in [0.2, 0.25) is 5.91 Å². The molecule has 1 unspecified atom stereocenters. The predicted octanol–water partition coefficient (Wildman–Crippen LogP) is 4.11. The molecule has 28 heavy (non-hydrogen) atoms. The fraction of sp³-hybridized carbons (Fsp3) is 0.696. The molecule has 2 bridgehead atoms. The summed E-state index contributed by atoms with van der Waals surface area (Å²) in [5, 5.41) is 3.41. The van der Waals surface area contributed by atoms with E-state index in [-0.39, 0.29) is 28.9 Å². The molecule has 5 heteroatoms. The number of methoxy groups -OCH3 is 2. The molecule has 1 N–H and O–H groups in total. The molecular formula is C23H33NO4. The van der Waals surface area contributed by atoms with E-state index >= 15 is 0 Å². The molecule has 0 radical (unpaired) electrons. The number of carbonyl (C=O) groups excluding carboxylic acids is 1. The highest BCUT2D eigenvalue weighted by atomic mass is 16.5. The summed E-state index contributed by atoms with van der Waals surface area (Å²) in [4.78, 5) is 12.4. The highest BCUT2D eigenvalue weighted by molar-refractivity contribution is 5.76. The van der Waals surface area contributed by atoms with E-state index in [0.29, 0.717) is 24.9 Å². The van der Waals surface area contributed by atoms with Crippen molar-refractivity contribution in [3.8, 4) is 11.5 Å². The number of benzene rings is 1. The van der Waals surface area contributed by atoms with Crippen LogP contribution >= 0.6 is 0 Å². The minimum absolute atomic E-state index is 0.0676. The lowest BCUT2D eigenvalue weighted by Gasteiger charge is -2.53. The zero-order chi connectivity index (χ0) is 20.1. The second-order valence-electron chi connectivity index (χ2n) is 9.27. The molecule has 3 fully saturated rings. The Balaban J connectivity index is 1.76. The average molecular weight is 388 g/mol. The van der Waals surface area contributed by atoms with Crippen LogP contribution in [-0.2, 0) is 9.53 Å². The molecule has 1 aromatic carbocycles. The zero-order valence-corrected chi connectivity index (χ0v) is 17.7. The smallest absolute Gasteiger partial charge is 0.219 e. The van der Waals surface area contributed by atoms with Crippen LogP contribution in [-0.4, -0.2) is 32.8 Å². The molecule has 1 saturated heterocycles. The fourth-order valence-electron chi connectivity index (χ4n) is 6.50. The van der Waals surface area contributed by atoms with Crippen LogP contribution in [0.4, 0.5) is 0 Å². The first kappa shape index (κ1) is 19.6. The van der Waals surface area contributed by atoms with E-state index in [1.165, 1.54) is 0 Å². The number of nitrogens with one attached hydrogen (secondary N) is 1. The molecule has 154 valence electrons. The minimum Gasteiger partial charge on any atom is -0.496 e. The maximum absolute atomic E-state index is 12.4. The Bertz CT molecular complexity index is 739. The van der Waals surface area contributed by atoms with Crippen molar-refractivity contribution in [3.05, 3.63) is 23.8 Å². The molecule has 0 aromatic heterocycles. The molecule has 3 aliphatic rings. The van der Waals surface area contributed by atoms with Gasteiger partial charge in [0, 0.05) is 19.1 Å². The lowest BCUT2D eigenvalue weighted by molar-refractivity contribution is -0.137. The van der Waals surface area contributed by atoms with E-state index in [2.05, 4.69) is 19.2 Å². The van der Waals surface area contributed by atoms with Gasteiger partial charge in [-0.1, -0.05) is 26.8 Å². The van der Waals surface area contributed by atoms with Gasteiger partial charge in [-0.25, -0.2) is 0 Å². The van der Waals surface area contributed by atoms with Gasteiger partial charge < -0.3 is 19.5 Å². The largest absolute Gasteiger partial charge is 0.496 e. The van der Waals surface area contributed by atoms with Gasteiger partial charge in [-0.2, -0.15) is 0 Å². The van der Waals surface area contributed by atoms with Crippen LogP contribution in [0.3, 0.4) is 0 Å². The SMILES string of the molecule is CCC(=O)N[C@H]1C(C)(C)[C@@H]2C[C@@H]3[C@@H](c4c(OC)cccc4OC)OCCC31C2. The van der Waals surface area contributed by atoms with E-state index in [9.17, 15) is 4.79 Å². The average Bonchev–Trinajstić information content (AvgIpc) is 3.19. The van der Waals surface area contributed by atoms with Crippen LogP contribution in [0, 0.1) is 22.7 Å². The third-order valence-electron chi connectivity index (χ3n) is 7.88. The lowest BCUT2D eigenvalue weighted by atomic mass is 9.58. The van der Waals surface area contributed by atoms with Gasteiger partial charge in [0.25, 0.3) is 0 Å². The Morgan fingerprint density at radius 1 is 1.25 bits per heavy atom. The third-order valence-corrected chi connectivity index (χ3v) is 7.88. The maximum Gasteiger partial charge on any atom is 0.219 e. The van der Waals surface area contributed by atoms with Crippen molar-refractivity contribution in [3.63, 3.8) is 0 Å². The summed E-state index contributed by atoms with van der Waals surface area (Å²) in [6.45, 7) is 7.29. The first-order valence-electron chi connectivity index (χ1n) is 10.5. The van der Waals surface area contributed by atoms with Crippen molar-refractivity contribution < 1.29 is 19.0 Å². The quantitative estimate of drug-likeness (QED) is 0.826. The van der Waals surface area contributed by atoms with Crippen LogP contribution < -0.4 is 14.8 Å². The summed E-state index contributed by atoms with van der Waals surface area (Å²) in [6.07, 6.45) is 3.74. The summed E-state index contributed by atoms with van der Waals surface area (Å²) >= 11 is 0. The molecule has 1 aromatic rings. The van der Waals surface area contributed by atoms with Crippen molar-refractivity contribution in [1.82, 2.24) is 5.32 Å². The first-order valence-corrected chi connectivity index (χ1v) is 10.5. The summed E-state index contributed by atoms with van der Waals surface area (Å²) in [5.41, 5.74) is 1.20. The van der Waals surface area contributed by atoms with Gasteiger partial charge in [-0.05, 0) is 54.1 Å². The second-order valence-corrected chi connectivity index (χ2v) is 9.27. The summed E-state index contributed by atoms with van der Waals surface area (Å²) in [6, 6.07) is 6.10. The van der Waals surface area contributed by atoms with Crippen molar-refractivity contribution in [2.24, 2.45) is 22.7 Å². The van der Waals surface area contributed by atoms with Gasteiger partial charge in [0.15, 0.2) is 0 Å². The topological polar surface area (TPSA) is 56.8 Å². The minimum atomic E-state index is -0.0676. The number of hydrogen-bond acceptors (Lipinski definition) is 4. The third kappa shape index (κ3) is 2.66. The second kappa shape index (κ2) is 6.94. The van der Waals surface area contributed by atoms with Crippen LogP contribution in [0.5, 0.6) is 11.5 Å². The van der Waals surface area contributed by atoms with Gasteiger partial charge in [0.1, 0.15) is 11.5 Å². The molecule has 1 heterocycles. The molecule has 4 rings (SSSR count). The monoisotopic (exact) mass is 387 g/mol. The van der Waals surface area contributed by atoms with Crippen LogP contribution in [0.2, 0.25) is 0 Å². The highest BCUT2D eigenvalue weighted by Gasteiger charge is 2.68. The number of amides is 1. The molecule has 2 aliphatic carbocycles. The predicted molar refractivity (Wildman–Crippen MR) is 108 cm³/mol. The van der Waals surface area contributed by atoms with Gasteiger partial charge in [-0.3, -0.25) is 4.79 Å². The first-order chi connectivity index (χ1) is 13.4. The molecule has 5 nitrogen and oxygen atoms in total. The van der Waals surface area contributed by atoms with Crippen molar-refractivity contribution in [2.45, 2.75) is 58.6 Å². The number of ether oxygens (including phenoxy) is 3. The zero-order valence-electron chi connectivity index (χ0n) is 17.7. The Morgan fingerprint density at radius 3 is 2.54 bits per heavy atom. The van der Waals surface area contributed by atoms with Gasteiger partial charge >= 0.3 is 0 Å². The Morgan fingerprint density at radius 2 is 1.93 bits per heavy atom. The van der Waals surface area contributed by atoms with Crippen molar-refractivity contribution >= 4 is 5.91 Å². The van der Waals surface area contributed by atoms with Crippen LogP contribution in [0.15, 0.2) is 18.2 Å². The van der Waals surface area contributed by atoms with E-state index in [4.69, 9.17) is 14.2 Å². The van der Waals surface area contributed by atoms with Crippen LogP contribution in [0.25, 0.3) is 0 Å². The van der Waals surface area contributed by atoms with E-state index < -0.39 is 0 Å².